The van der Waals surface area contributed by atoms with Gasteiger partial charge in [0.1, 0.15) is 5.82 Å². The first-order chi connectivity index (χ1) is 10.7. The molecule has 6 nitrogen and oxygen atoms in total. The molecule has 1 aliphatic heterocycles. The van der Waals surface area contributed by atoms with Crippen molar-refractivity contribution in [2.45, 2.75) is 12.2 Å². The average Bonchev–Trinajstić information content (AvgIpc) is 3.14. The van der Waals surface area contributed by atoms with Crippen molar-refractivity contribution in [3.8, 4) is 11.3 Å². The van der Waals surface area contributed by atoms with E-state index in [-0.39, 0.29) is 0 Å². The Bertz CT molecular complexity index is 792. The molecule has 0 spiro atoms. The lowest BCUT2D eigenvalue weighted by Gasteiger charge is -2.19. The molecule has 2 atom stereocenters. The van der Waals surface area contributed by atoms with E-state index >= 15 is 0 Å². The third-order valence-corrected chi connectivity index (χ3v) is 3.99. The summed E-state index contributed by atoms with van der Waals surface area (Å²) in [7, 11) is 0. The summed E-state index contributed by atoms with van der Waals surface area (Å²) in [6, 6.07) is 13.7. The predicted octanol–water partition coefficient (Wildman–Crippen LogP) is 0.938. The van der Waals surface area contributed by atoms with Crippen LogP contribution in [0.4, 0.5) is 5.82 Å². The number of aliphatic hydroxyl groups is 2. The summed E-state index contributed by atoms with van der Waals surface area (Å²) in [5.41, 5.74) is 2.61. The van der Waals surface area contributed by atoms with Gasteiger partial charge < -0.3 is 15.1 Å². The van der Waals surface area contributed by atoms with E-state index in [1.54, 1.807) is 10.7 Å². The summed E-state index contributed by atoms with van der Waals surface area (Å²) in [6.45, 7) is 0.767. The van der Waals surface area contributed by atoms with Gasteiger partial charge in [-0.15, -0.1) is 0 Å². The predicted molar refractivity (Wildman–Crippen MR) is 82.6 cm³/mol. The molecule has 1 aliphatic rings. The van der Waals surface area contributed by atoms with E-state index in [1.807, 2.05) is 47.4 Å². The van der Waals surface area contributed by atoms with Crippen LogP contribution in [0, 0.1) is 0 Å². The second kappa shape index (κ2) is 5.08. The number of anilines is 1. The molecule has 2 N–H and O–H groups in total. The third-order valence-electron chi connectivity index (χ3n) is 3.99. The van der Waals surface area contributed by atoms with E-state index in [9.17, 15) is 10.2 Å². The smallest absolute Gasteiger partial charge is 0.157 e. The number of benzene rings is 1. The molecule has 22 heavy (non-hydrogen) atoms. The van der Waals surface area contributed by atoms with E-state index in [0.717, 1.165) is 22.7 Å². The Hall–Kier alpha value is -2.44. The number of aliphatic hydroxyl groups excluding tert-OH is 2. The second-order valence-electron chi connectivity index (χ2n) is 5.51. The molecule has 3 aromatic rings. The van der Waals surface area contributed by atoms with Gasteiger partial charge in [0.15, 0.2) is 5.65 Å². The van der Waals surface area contributed by atoms with Crippen LogP contribution in [0.25, 0.3) is 16.9 Å². The maximum Gasteiger partial charge on any atom is 0.157 e. The minimum Gasteiger partial charge on any atom is -0.389 e. The highest BCUT2D eigenvalue weighted by atomic mass is 16.3. The van der Waals surface area contributed by atoms with Gasteiger partial charge in [-0.2, -0.15) is 9.61 Å². The van der Waals surface area contributed by atoms with Gasteiger partial charge in [-0.25, -0.2) is 4.98 Å². The fourth-order valence-corrected chi connectivity index (χ4v) is 2.84. The standard InChI is InChI=1S/C16H16N4O2/c21-13-9-19(10-14(13)22)16-8-12(11-4-2-1-3-5-11)18-15-6-7-17-20(15)16/h1-8,13-14,21-22H,9-10H2/t13-,14-/m1/s1. The molecule has 112 valence electrons. The molecular formula is C16H16N4O2. The lowest BCUT2D eigenvalue weighted by molar-refractivity contribution is 0.0572. The van der Waals surface area contributed by atoms with Gasteiger partial charge in [0.05, 0.1) is 24.1 Å². The minimum atomic E-state index is -0.737. The van der Waals surface area contributed by atoms with Crippen LogP contribution in [0.3, 0.4) is 0 Å². The van der Waals surface area contributed by atoms with Crippen LogP contribution >= 0.6 is 0 Å². The normalized spacial score (nSPS) is 21.6. The summed E-state index contributed by atoms with van der Waals surface area (Å²) in [4.78, 5) is 6.56. The number of hydrogen-bond donors (Lipinski definition) is 2. The summed E-state index contributed by atoms with van der Waals surface area (Å²) in [5.74, 6) is 0.824. The SMILES string of the molecule is O[C@@H]1CN(c2cc(-c3ccccc3)nc3ccnn23)C[C@H]1O. The molecule has 1 fully saturated rings. The quantitative estimate of drug-likeness (QED) is 0.736. The zero-order valence-electron chi connectivity index (χ0n) is 11.9. The van der Waals surface area contributed by atoms with Crippen LogP contribution in [0.1, 0.15) is 0 Å². The highest BCUT2D eigenvalue weighted by Crippen LogP contribution is 2.26. The lowest BCUT2D eigenvalue weighted by atomic mass is 10.1. The van der Waals surface area contributed by atoms with Crippen LogP contribution in [-0.4, -0.2) is 50.1 Å². The van der Waals surface area contributed by atoms with Gasteiger partial charge in [0, 0.05) is 30.8 Å². The molecule has 0 unspecified atom stereocenters. The zero-order chi connectivity index (χ0) is 15.1. The maximum absolute atomic E-state index is 9.80. The van der Waals surface area contributed by atoms with Crippen LogP contribution in [0.15, 0.2) is 48.7 Å². The van der Waals surface area contributed by atoms with E-state index < -0.39 is 12.2 Å². The fourth-order valence-electron chi connectivity index (χ4n) is 2.84. The molecule has 2 aromatic heterocycles. The first-order valence-corrected chi connectivity index (χ1v) is 7.23. The van der Waals surface area contributed by atoms with Crippen molar-refractivity contribution in [1.82, 2.24) is 14.6 Å². The summed E-state index contributed by atoms with van der Waals surface area (Å²) >= 11 is 0. The molecule has 0 radical (unpaired) electrons. The van der Waals surface area contributed by atoms with E-state index in [1.165, 1.54) is 0 Å². The largest absolute Gasteiger partial charge is 0.389 e. The highest BCUT2D eigenvalue weighted by molar-refractivity contribution is 5.67. The Morgan fingerprint density at radius 1 is 1.00 bits per heavy atom. The van der Waals surface area contributed by atoms with Gasteiger partial charge in [-0.05, 0) is 0 Å². The molecule has 0 aliphatic carbocycles. The fraction of sp³-hybridized carbons (Fsp3) is 0.250. The van der Waals surface area contributed by atoms with Crippen LogP contribution in [0.5, 0.6) is 0 Å². The molecule has 1 aromatic carbocycles. The van der Waals surface area contributed by atoms with Gasteiger partial charge in [0.25, 0.3) is 0 Å². The number of nitrogens with zero attached hydrogens (tertiary/aromatic N) is 4. The first kappa shape index (κ1) is 13.2. The van der Waals surface area contributed by atoms with E-state index in [2.05, 4.69) is 10.1 Å². The van der Waals surface area contributed by atoms with Gasteiger partial charge >= 0.3 is 0 Å². The molecule has 0 bridgehead atoms. The average molecular weight is 296 g/mol. The van der Waals surface area contributed by atoms with Crippen molar-refractivity contribution >= 4 is 11.5 Å². The van der Waals surface area contributed by atoms with Gasteiger partial charge in [-0.1, -0.05) is 30.3 Å². The first-order valence-electron chi connectivity index (χ1n) is 7.23. The van der Waals surface area contributed by atoms with Gasteiger partial charge in [-0.3, -0.25) is 0 Å². The molecule has 6 heteroatoms. The molecule has 1 saturated heterocycles. The number of β-amino-alcohol motifs (C(OH)–C–C–N with tert-alkyl or cyclic N) is 2. The Balaban J connectivity index is 1.85. The molecular weight excluding hydrogens is 280 g/mol. The Morgan fingerprint density at radius 3 is 2.45 bits per heavy atom. The van der Waals surface area contributed by atoms with Crippen molar-refractivity contribution in [3.05, 3.63) is 48.7 Å². The highest BCUT2D eigenvalue weighted by Gasteiger charge is 2.31. The van der Waals surface area contributed by atoms with Crippen LogP contribution < -0.4 is 4.90 Å². The summed E-state index contributed by atoms with van der Waals surface area (Å²) < 4.78 is 1.73. The van der Waals surface area contributed by atoms with Crippen molar-refractivity contribution in [1.29, 1.82) is 0 Å². The molecule has 3 heterocycles. The number of aromatic nitrogens is 3. The maximum atomic E-state index is 9.80. The summed E-state index contributed by atoms with van der Waals surface area (Å²) in [5, 5.41) is 23.9. The number of hydrogen-bond acceptors (Lipinski definition) is 5. The zero-order valence-corrected chi connectivity index (χ0v) is 11.9. The van der Waals surface area contributed by atoms with Crippen molar-refractivity contribution in [2.24, 2.45) is 0 Å². The van der Waals surface area contributed by atoms with Crippen molar-refractivity contribution in [2.75, 3.05) is 18.0 Å². The summed E-state index contributed by atoms with van der Waals surface area (Å²) in [6.07, 6.45) is 0.224. The third kappa shape index (κ3) is 2.13. The van der Waals surface area contributed by atoms with E-state index in [4.69, 9.17) is 0 Å². The Kier molecular flexibility index (Phi) is 3.06. The number of rotatable bonds is 2. The topological polar surface area (TPSA) is 73.9 Å². The van der Waals surface area contributed by atoms with Crippen LogP contribution in [0.2, 0.25) is 0 Å². The van der Waals surface area contributed by atoms with Crippen molar-refractivity contribution in [3.63, 3.8) is 0 Å². The van der Waals surface area contributed by atoms with Crippen molar-refractivity contribution < 1.29 is 10.2 Å². The lowest BCUT2D eigenvalue weighted by Crippen LogP contribution is -2.24. The minimum absolute atomic E-state index is 0.383. The Labute approximate surface area is 127 Å². The number of fused-ring (bicyclic) bond motifs is 1. The second-order valence-corrected chi connectivity index (χ2v) is 5.51. The van der Waals surface area contributed by atoms with Crippen LogP contribution in [-0.2, 0) is 0 Å². The van der Waals surface area contributed by atoms with Gasteiger partial charge in [0.2, 0.25) is 0 Å². The molecule has 0 amide bonds. The molecule has 4 rings (SSSR count). The Morgan fingerprint density at radius 2 is 1.73 bits per heavy atom. The van der Waals surface area contributed by atoms with E-state index in [0.29, 0.717) is 13.1 Å². The molecule has 0 saturated carbocycles. The monoisotopic (exact) mass is 296 g/mol.